The van der Waals surface area contributed by atoms with Gasteiger partial charge in [0, 0.05) is 12.1 Å². The average molecular weight is 251 g/mol. The van der Waals surface area contributed by atoms with Crippen molar-refractivity contribution in [2.75, 3.05) is 20.8 Å². The van der Waals surface area contributed by atoms with Crippen LogP contribution in [-0.2, 0) is 6.54 Å². The second kappa shape index (κ2) is 8.81. The Balaban J connectivity index is 2.41. The fourth-order valence-electron chi connectivity index (χ4n) is 1.99. The van der Waals surface area contributed by atoms with Crippen molar-refractivity contribution >= 4 is 0 Å². The third kappa shape index (κ3) is 4.57. The fourth-order valence-corrected chi connectivity index (χ4v) is 1.99. The molecule has 0 fully saturated rings. The molecule has 0 aliphatic carbocycles. The second-order valence-corrected chi connectivity index (χ2v) is 4.39. The Bertz CT molecular complexity index is 339. The highest BCUT2D eigenvalue weighted by Crippen LogP contribution is 2.30. The molecule has 0 bridgehead atoms. The number of unbranched alkanes of at least 4 members (excludes halogenated alkanes) is 3. The first-order chi connectivity index (χ1) is 8.83. The third-order valence-electron chi connectivity index (χ3n) is 3.01. The van der Waals surface area contributed by atoms with Gasteiger partial charge in [0.25, 0.3) is 0 Å². The van der Waals surface area contributed by atoms with Crippen LogP contribution in [0.1, 0.15) is 38.2 Å². The summed E-state index contributed by atoms with van der Waals surface area (Å²) >= 11 is 0. The largest absolute Gasteiger partial charge is 0.493 e. The van der Waals surface area contributed by atoms with E-state index in [1.54, 1.807) is 14.2 Å². The lowest BCUT2D eigenvalue weighted by Crippen LogP contribution is -2.15. The summed E-state index contributed by atoms with van der Waals surface area (Å²) in [6, 6.07) is 5.99. The number of nitrogens with one attached hydrogen (secondary N) is 1. The smallest absolute Gasteiger partial charge is 0.165 e. The van der Waals surface area contributed by atoms with E-state index in [0.717, 1.165) is 30.2 Å². The molecule has 0 radical (unpaired) electrons. The van der Waals surface area contributed by atoms with Gasteiger partial charge in [-0.3, -0.25) is 0 Å². The van der Waals surface area contributed by atoms with Crippen molar-refractivity contribution in [3.63, 3.8) is 0 Å². The van der Waals surface area contributed by atoms with Crippen molar-refractivity contribution in [3.05, 3.63) is 23.8 Å². The summed E-state index contributed by atoms with van der Waals surface area (Å²) in [4.78, 5) is 0. The zero-order valence-corrected chi connectivity index (χ0v) is 11.8. The van der Waals surface area contributed by atoms with Crippen LogP contribution in [0.25, 0.3) is 0 Å². The molecule has 0 amide bonds. The second-order valence-electron chi connectivity index (χ2n) is 4.39. The van der Waals surface area contributed by atoms with Crippen LogP contribution in [-0.4, -0.2) is 20.8 Å². The van der Waals surface area contributed by atoms with Crippen molar-refractivity contribution in [3.8, 4) is 11.5 Å². The van der Waals surface area contributed by atoms with Gasteiger partial charge in [0.2, 0.25) is 0 Å². The Hall–Kier alpha value is -1.22. The molecule has 0 aliphatic rings. The maximum absolute atomic E-state index is 5.40. The average Bonchev–Trinajstić information content (AvgIpc) is 2.42. The monoisotopic (exact) mass is 251 g/mol. The molecule has 3 nitrogen and oxygen atoms in total. The Morgan fingerprint density at radius 1 is 1.06 bits per heavy atom. The van der Waals surface area contributed by atoms with Gasteiger partial charge in [-0.05, 0) is 19.0 Å². The minimum atomic E-state index is 0.794. The molecule has 1 N–H and O–H groups in total. The number of benzene rings is 1. The standard InChI is InChI=1S/C15H25NO2/c1-4-5-6-7-11-16-12-13-9-8-10-14(17-2)15(13)18-3/h8-10,16H,4-7,11-12H2,1-3H3. The third-order valence-corrected chi connectivity index (χ3v) is 3.01. The lowest BCUT2D eigenvalue weighted by Gasteiger charge is -2.13. The fraction of sp³-hybridized carbons (Fsp3) is 0.600. The van der Waals surface area contributed by atoms with Crippen molar-refractivity contribution in [2.24, 2.45) is 0 Å². The SMILES string of the molecule is CCCCCCNCc1cccc(OC)c1OC. The summed E-state index contributed by atoms with van der Waals surface area (Å²) in [6.45, 7) is 4.11. The minimum absolute atomic E-state index is 0.794. The summed E-state index contributed by atoms with van der Waals surface area (Å²) in [5.41, 5.74) is 1.15. The molecule has 18 heavy (non-hydrogen) atoms. The van der Waals surface area contributed by atoms with E-state index in [2.05, 4.69) is 18.3 Å². The molecule has 0 heterocycles. The molecular weight excluding hydrogens is 226 g/mol. The van der Waals surface area contributed by atoms with E-state index in [1.807, 2.05) is 12.1 Å². The predicted molar refractivity (Wildman–Crippen MR) is 75.4 cm³/mol. The number of methoxy groups -OCH3 is 2. The lowest BCUT2D eigenvalue weighted by molar-refractivity contribution is 0.350. The molecule has 0 saturated carbocycles. The van der Waals surface area contributed by atoms with Crippen LogP contribution in [0, 0.1) is 0 Å². The van der Waals surface area contributed by atoms with Crippen LogP contribution < -0.4 is 14.8 Å². The molecule has 102 valence electrons. The number of hydrogen-bond acceptors (Lipinski definition) is 3. The van der Waals surface area contributed by atoms with Crippen LogP contribution in [0.3, 0.4) is 0 Å². The summed E-state index contributed by atoms with van der Waals surface area (Å²) in [6.07, 6.45) is 5.15. The van der Waals surface area contributed by atoms with Gasteiger partial charge < -0.3 is 14.8 Å². The van der Waals surface area contributed by atoms with Gasteiger partial charge in [-0.1, -0.05) is 38.3 Å². The van der Waals surface area contributed by atoms with E-state index in [9.17, 15) is 0 Å². The van der Waals surface area contributed by atoms with Crippen molar-refractivity contribution < 1.29 is 9.47 Å². The molecular formula is C15H25NO2. The highest BCUT2D eigenvalue weighted by Gasteiger charge is 2.08. The highest BCUT2D eigenvalue weighted by molar-refractivity contribution is 5.46. The molecule has 1 aromatic carbocycles. The van der Waals surface area contributed by atoms with Crippen molar-refractivity contribution in [1.82, 2.24) is 5.32 Å². The van der Waals surface area contributed by atoms with Gasteiger partial charge in [-0.25, -0.2) is 0 Å². The number of hydrogen-bond donors (Lipinski definition) is 1. The molecule has 0 aliphatic heterocycles. The molecule has 0 atom stereocenters. The van der Waals surface area contributed by atoms with E-state index in [-0.39, 0.29) is 0 Å². The first-order valence-corrected chi connectivity index (χ1v) is 6.74. The molecule has 0 unspecified atom stereocenters. The van der Waals surface area contributed by atoms with Gasteiger partial charge in [0.1, 0.15) is 0 Å². The van der Waals surface area contributed by atoms with E-state index in [1.165, 1.54) is 25.7 Å². The Morgan fingerprint density at radius 2 is 1.89 bits per heavy atom. The summed E-state index contributed by atoms with van der Waals surface area (Å²) in [7, 11) is 3.35. The van der Waals surface area contributed by atoms with Crippen molar-refractivity contribution in [2.45, 2.75) is 39.2 Å². The normalized spacial score (nSPS) is 10.4. The molecule has 0 saturated heterocycles. The van der Waals surface area contributed by atoms with Gasteiger partial charge in [0.15, 0.2) is 11.5 Å². The molecule has 3 heteroatoms. The molecule has 1 rings (SSSR count). The lowest BCUT2D eigenvalue weighted by atomic mass is 10.1. The van der Waals surface area contributed by atoms with Gasteiger partial charge in [-0.2, -0.15) is 0 Å². The van der Waals surface area contributed by atoms with Gasteiger partial charge >= 0.3 is 0 Å². The molecule has 0 aromatic heterocycles. The summed E-state index contributed by atoms with van der Waals surface area (Å²) in [5, 5.41) is 3.45. The molecule has 0 spiro atoms. The van der Waals surface area contributed by atoms with Crippen LogP contribution in [0.4, 0.5) is 0 Å². The van der Waals surface area contributed by atoms with E-state index in [4.69, 9.17) is 9.47 Å². The van der Waals surface area contributed by atoms with Crippen molar-refractivity contribution in [1.29, 1.82) is 0 Å². The van der Waals surface area contributed by atoms with Crippen LogP contribution in [0.15, 0.2) is 18.2 Å². The van der Waals surface area contributed by atoms with Crippen LogP contribution >= 0.6 is 0 Å². The van der Waals surface area contributed by atoms with E-state index >= 15 is 0 Å². The van der Waals surface area contributed by atoms with E-state index in [0.29, 0.717) is 0 Å². The van der Waals surface area contributed by atoms with Gasteiger partial charge in [0.05, 0.1) is 14.2 Å². The van der Waals surface area contributed by atoms with Crippen LogP contribution in [0.5, 0.6) is 11.5 Å². The Kier molecular flexibility index (Phi) is 7.26. The minimum Gasteiger partial charge on any atom is -0.493 e. The number of rotatable bonds is 9. The zero-order valence-electron chi connectivity index (χ0n) is 11.8. The summed E-state index contributed by atoms with van der Waals surface area (Å²) < 4.78 is 10.7. The molecule has 1 aromatic rings. The Labute approximate surface area is 110 Å². The summed E-state index contributed by atoms with van der Waals surface area (Å²) in [5.74, 6) is 1.63. The van der Waals surface area contributed by atoms with Gasteiger partial charge in [-0.15, -0.1) is 0 Å². The maximum atomic E-state index is 5.40. The van der Waals surface area contributed by atoms with Crippen LogP contribution in [0.2, 0.25) is 0 Å². The topological polar surface area (TPSA) is 30.5 Å². The quantitative estimate of drug-likeness (QED) is 0.683. The van der Waals surface area contributed by atoms with E-state index < -0.39 is 0 Å². The first kappa shape index (κ1) is 14.8. The Morgan fingerprint density at radius 3 is 2.56 bits per heavy atom. The maximum Gasteiger partial charge on any atom is 0.165 e. The zero-order chi connectivity index (χ0) is 13.2. The number of para-hydroxylation sites is 1. The highest BCUT2D eigenvalue weighted by atomic mass is 16.5. The number of ether oxygens (including phenoxy) is 2. The first-order valence-electron chi connectivity index (χ1n) is 6.74. The predicted octanol–water partition coefficient (Wildman–Crippen LogP) is 3.37.